The summed E-state index contributed by atoms with van der Waals surface area (Å²) in [4.78, 5) is 0. The lowest BCUT2D eigenvalue weighted by Gasteiger charge is -2.29. The molecule has 0 bridgehead atoms. The molecule has 26 heavy (non-hydrogen) atoms. The van der Waals surface area contributed by atoms with Crippen LogP contribution >= 0.6 is 0 Å². The summed E-state index contributed by atoms with van der Waals surface area (Å²) < 4.78 is 5.77. The number of hydrogen-bond donors (Lipinski definition) is 1. The lowest BCUT2D eigenvalue weighted by molar-refractivity contribution is 0.151. The van der Waals surface area contributed by atoms with E-state index in [1.807, 2.05) is 7.11 Å². The van der Waals surface area contributed by atoms with Gasteiger partial charge in [-0.05, 0) is 66.3 Å². The van der Waals surface area contributed by atoms with Crippen LogP contribution in [0.3, 0.4) is 0 Å². The Bertz CT molecular complexity index is 652. The fourth-order valence-electron chi connectivity index (χ4n) is 5.81. The summed E-state index contributed by atoms with van der Waals surface area (Å²) in [7, 11) is 1.86. The Labute approximate surface area is 159 Å². The highest BCUT2D eigenvalue weighted by molar-refractivity contribution is 5.81. The molecule has 0 radical (unpaired) electrons. The van der Waals surface area contributed by atoms with Crippen molar-refractivity contribution in [3.05, 3.63) is 41.0 Å². The third-order valence-electron chi connectivity index (χ3n) is 7.04. The fraction of sp³-hybridized carbons (Fsp3) is 0.667. The van der Waals surface area contributed by atoms with E-state index in [1.165, 1.54) is 56.9 Å². The molecule has 0 saturated heterocycles. The summed E-state index contributed by atoms with van der Waals surface area (Å²) >= 11 is 0. The predicted molar refractivity (Wildman–Crippen MR) is 110 cm³/mol. The molecule has 2 nitrogen and oxygen atoms in total. The van der Waals surface area contributed by atoms with Crippen LogP contribution in [0.2, 0.25) is 0 Å². The first kappa shape index (κ1) is 18.3. The van der Waals surface area contributed by atoms with Crippen LogP contribution in [0.4, 0.5) is 0 Å². The Morgan fingerprint density at radius 2 is 1.73 bits per heavy atom. The Balaban J connectivity index is 1.82. The van der Waals surface area contributed by atoms with E-state index < -0.39 is 0 Å². The number of fused-ring (bicyclic) bond motifs is 1. The van der Waals surface area contributed by atoms with Crippen LogP contribution in [0.1, 0.15) is 80.9 Å². The highest BCUT2D eigenvalue weighted by Crippen LogP contribution is 2.51. The van der Waals surface area contributed by atoms with Gasteiger partial charge in [0.15, 0.2) is 0 Å². The first-order valence-electron chi connectivity index (χ1n) is 10.8. The molecule has 2 saturated carbocycles. The number of methoxy groups -OCH3 is 1. The van der Waals surface area contributed by atoms with Gasteiger partial charge in [0.1, 0.15) is 0 Å². The van der Waals surface area contributed by atoms with Crippen LogP contribution in [-0.2, 0) is 10.2 Å². The van der Waals surface area contributed by atoms with Gasteiger partial charge in [0.05, 0.1) is 12.0 Å². The van der Waals surface area contributed by atoms with E-state index in [2.05, 4.69) is 36.5 Å². The van der Waals surface area contributed by atoms with Gasteiger partial charge in [0, 0.05) is 13.7 Å². The molecule has 1 aromatic rings. The number of likely N-dealkylation sites (N-methyl/N-ethyl adjacent to an activating group) is 1. The van der Waals surface area contributed by atoms with Gasteiger partial charge >= 0.3 is 0 Å². The second-order valence-electron chi connectivity index (χ2n) is 8.70. The molecular weight excluding hydrogens is 318 g/mol. The van der Waals surface area contributed by atoms with E-state index in [0.717, 1.165) is 31.5 Å². The van der Waals surface area contributed by atoms with E-state index in [9.17, 15) is 0 Å². The van der Waals surface area contributed by atoms with Crippen molar-refractivity contribution in [2.24, 2.45) is 5.92 Å². The summed E-state index contributed by atoms with van der Waals surface area (Å²) in [6, 6.07) is 7.14. The van der Waals surface area contributed by atoms with Crippen molar-refractivity contribution in [2.45, 2.75) is 69.6 Å². The molecule has 0 spiro atoms. The monoisotopic (exact) mass is 353 g/mol. The zero-order valence-electron chi connectivity index (χ0n) is 16.7. The number of nitrogens with one attached hydrogen (secondary N) is 1. The zero-order chi connectivity index (χ0) is 18.0. The average molecular weight is 354 g/mol. The minimum atomic E-state index is 0.00658. The second kappa shape index (κ2) is 7.86. The molecule has 1 N–H and O–H groups in total. The number of allylic oxidation sites excluding steroid dienone is 1. The smallest absolute Gasteiger partial charge is 0.0606 e. The average Bonchev–Trinajstić information content (AvgIpc) is 3.41. The van der Waals surface area contributed by atoms with E-state index in [-0.39, 0.29) is 5.41 Å². The maximum Gasteiger partial charge on any atom is 0.0606 e. The van der Waals surface area contributed by atoms with Crippen molar-refractivity contribution in [1.82, 2.24) is 5.32 Å². The summed E-state index contributed by atoms with van der Waals surface area (Å²) in [6.07, 6.45) is 13.7. The molecule has 0 aliphatic heterocycles. The van der Waals surface area contributed by atoms with Crippen molar-refractivity contribution in [1.29, 1.82) is 0 Å². The van der Waals surface area contributed by atoms with Crippen molar-refractivity contribution < 1.29 is 4.74 Å². The molecular formula is C24H35NO. The Morgan fingerprint density at radius 1 is 1.04 bits per heavy atom. The Hall–Kier alpha value is -1.12. The third kappa shape index (κ3) is 3.16. The zero-order valence-corrected chi connectivity index (χ0v) is 16.7. The minimum absolute atomic E-state index is 0.00658. The number of rotatable bonds is 7. The van der Waals surface area contributed by atoms with Crippen LogP contribution in [0.15, 0.2) is 24.3 Å². The normalized spacial score (nSPS) is 26.5. The van der Waals surface area contributed by atoms with E-state index in [4.69, 9.17) is 4.74 Å². The second-order valence-corrected chi connectivity index (χ2v) is 8.70. The largest absolute Gasteiger partial charge is 0.383 e. The molecule has 0 heterocycles. The van der Waals surface area contributed by atoms with Gasteiger partial charge in [-0.25, -0.2) is 0 Å². The number of benzene rings is 1. The maximum atomic E-state index is 5.77. The summed E-state index contributed by atoms with van der Waals surface area (Å²) in [5.74, 6) is 1.53. The van der Waals surface area contributed by atoms with Gasteiger partial charge in [0.2, 0.25) is 0 Å². The molecule has 142 valence electrons. The molecule has 0 amide bonds. The molecule has 2 heteroatoms. The van der Waals surface area contributed by atoms with Crippen molar-refractivity contribution in [2.75, 3.05) is 26.8 Å². The Morgan fingerprint density at radius 3 is 2.38 bits per heavy atom. The fourth-order valence-corrected chi connectivity index (χ4v) is 5.81. The van der Waals surface area contributed by atoms with Crippen LogP contribution in [0, 0.1) is 5.92 Å². The van der Waals surface area contributed by atoms with Gasteiger partial charge in [-0.3, -0.25) is 0 Å². The van der Waals surface area contributed by atoms with Crippen molar-refractivity contribution >= 4 is 5.57 Å². The summed E-state index contributed by atoms with van der Waals surface area (Å²) in [6.45, 7) is 4.97. The quantitative estimate of drug-likeness (QED) is 0.706. The van der Waals surface area contributed by atoms with Gasteiger partial charge in [-0.15, -0.1) is 0 Å². The van der Waals surface area contributed by atoms with Crippen LogP contribution in [-0.4, -0.2) is 26.8 Å². The van der Waals surface area contributed by atoms with Crippen LogP contribution in [0.5, 0.6) is 0 Å². The lowest BCUT2D eigenvalue weighted by atomic mass is 9.80. The standard InChI is InChI=1S/C24H35NO/c1-3-25-16-24(17-26-2)15-21(19-11-6-7-12-19)23-20(13-8-14-22(23)24)18-9-4-5-10-18/h8,13-15,18-19,25H,3-7,9-12,16-17H2,1-2H3. The first-order valence-corrected chi connectivity index (χ1v) is 10.8. The van der Waals surface area contributed by atoms with E-state index >= 15 is 0 Å². The van der Waals surface area contributed by atoms with Crippen molar-refractivity contribution in [3.8, 4) is 0 Å². The predicted octanol–water partition coefficient (Wildman–Crippen LogP) is 5.43. The Kier molecular flexibility index (Phi) is 5.52. The lowest BCUT2D eigenvalue weighted by Crippen LogP contribution is -2.39. The minimum Gasteiger partial charge on any atom is -0.383 e. The first-order chi connectivity index (χ1) is 12.8. The summed E-state index contributed by atoms with van der Waals surface area (Å²) in [5, 5.41) is 3.63. The maximum absolute atomic E-state index is 5.77. The molecule has 3 aliphatic rings. The third-order valence-corrected chi connectivity index (χ3v) is 7.04. The van der Waals surface area contributed by atoms with Gasteiger partial charge in [-0.2, -0.15) is 0 Å². The van der Waals surface area contributed by atoms with E-state index in [1.54, 1.807) is 16.7 Å². The van der Waals surface area contributed by atoms with Gasteiger partial charge in [0.25, 0.3) is 0 Å². The highest BCUT2D eigenvalue weighted by atomic mass is 16.5. The topological polar surface area (TPSA) is 21.3 Å². The molecule has 3 aliphatic carbocycles. The molecule has 2 fully saturated rings. The SMILES string of the molecule is CCNCC1(COC)C=C(C2CCCC2)c2c(C3CCCC3)cccc21. The van der Waals surface area contributed by atoms with E-state index in [0.29, 0.717) is 0 Å². The number of hydrogen-bond acceptors (Lipinski definition) is 2. The molecule has 0 aromatic heterocycles. The molecule has 4 rings (SSSR count). The van der Waals surface area contributed by atoms with Crippen LogP contribution in [0.25, 0.3) is 5.57 Å². The van der Waals surface area contributed by atoms with Gasteiger partial charge in [-0.1, -0.05) is 56.9 Å². The molecule has 1 aromatic carbocycles. The molecule has 1 atom stereocenters. The number of ether oxygens (including phenoxy) is 1. The molecule has 1 unspecified atom stereocenters. The van der Waals surface area contributed by atoms with Crippen molar-refractivity contribution in [3.63, 3.8) is 0 Å². The van der Waals surface area contributed by atoms with Crippen LogP contribution < -0.4 is 5.32 Å². The highest BCUT2D eigenvalue weighted by Gasteiger charge is 2.42. The van der Waals surface area contributed by atoms with Gasteiger partial charge < -0.3 is 10.1 Å². The summed E-state index contributed by atoms with van der Waals surface area (Å²) in [5.41, 5.74) is 6.47.